The Bertz CT molecular complexity index is 426. The third kappa shape index (κ3) is 5.03. The summed E-state index contributed by atoms with van der Waals surface area (Å²) < 4.78 is 0.926. The highest BCUT2D eigenvalue weighted by Gasteiger charge is 2.20. The third-order valence-electron chi connectivity index (χ3n) is 2.57. The van der Waals surface area contributed by atoms with Gasteiger partial charge in [-0.3, -0.25) is 9.59 Å². The van der Waals surface area contributed by atoms with Crippen LogP contribution < -0.4 is 5.32 Å². The van der Waals surface area contributed by atoms with E-state index in [1.807, 2.05) is 26.0 Å². The van der Waals surface area contributed by atoms with Crippen LogP contribution >= 0.6 is 15.9 Å². The summed E-state index contributed by atoms with van der Waals surface area (Å²) in [6.45, 7) is 5.20. The smallest absolute Gasteiger partial charge is 0.313 e. The Morgan fingerprint density at radius 1 is 1.11 bits per heavy atom. The molecule has 2 amide bonds. The van der Waals surface area contributed by atoms with Gasteiger partial charge in [-0.1, -0.05) is 29.8 Å². The van der Waals surface area contributed by atoms with Crippen LogP contribution in [0, 0.1) is 0 Å². The van der Waals surface area contributed by atoms with E-state index < -0.39 is 11.8 Å². The Kier molecular flexibility index (Phi) is 6.56. The summed E-state index contributed by atoms with van der Waals surface area (Å²) >= 11 is 3.32. The van der Waals surface area contributed by atoms with E-state index in [0.29, 0.717) is 18.8 Å². The summed E-state index contributed by atoms with van der Waals surface area (Å²) in [5.74, 6) is -1.05. The summed E-state index contributed by atoms with van der Waals surface area (Å²) in [6.07, 6.45) is 1.69. The first-order valence-corrected chi connectivity index (χ1v) is 7.23. The highest BCUT2D eigenvalue weighted by atomic mass is 79.9. The van der Waals surface area contributed by atoms with E-state index >= 15 is 0 Å². The van der Waals surface area contributed by atoms with Crippen LogP contribution in [-0.2, 0) is 9.59 Å². The fraction of sp³-hybridized carbons (Fsp3) is 0.429. The Morgan fingerprint density at radius 2 is 1.63 bits per heavy atom. The molecule has 0 saturated heterocycles. The molecule has 1 rings (SSSR count). The predicted molar refractivity (Wildman–Crippen MR) is 79.9 cm³/mol. The number of carbonyl (C=O) groups is 2. The fourth-order valence-electron chi connectivity index (χ4n) is 1.72. The molecule has 0 fully saturated rings. The molecule has 4 nitrogen and oxygen atoms in total. The SMILES string of the molecule is CCCN(CCC)C(=O)C(=O)Nc1ccc(Br)cc1. The van der Waals surface area contributed by atoms with E-state index in [1.165, 1.54) is 0 Å². The monoisotopic (exact) mass is 326 g/mol. The van der Waals surface area contributed by atoms with Crippen LogP contribution in [0.25, 0.3) is 0 Å². The molecule has 1 aromatic rings. The fourth-order valence-corrected chi connectivity index (χ4v) is 1.98. The van der Waals surface area contributed by atoms with Crippen molar-refractivity contribution < 1.29 is 9.59 Å². The number of rotatable bonds is 5. The minimum absolute atomic E-state index is 0.466. The van der Waals surface area contributed by atoms with Crippen LogP contribution in [0.1, 0.15) is 26.7 Å². The quantitative estimate of drug-likeness (QED) is 0.845. The first kappa shape index (κ1) is 15.7. The van der Waals surface area contributed by atoms with Crippen molar-refractivity contribution in [2.24, 2.45) is 0 Å². The first-order chi connectivity index (χ1) is 9.08. The Balaban J connectivity index is 2.65. The molecule has 0 bridgehead atoms. The van der Waals surface area contributed by atoms with E-state index in [2.05, 4.69) is 21.2 Å². The van der Waals surface area contributed by atoms with Crippen LogP contribution in [0.4, 0.5) is 5.69 Å². The first-order valence-electron chi connectivity index (χ1n) is 6.44. The van der Waals surface area contributed by atoms with Gasteiger partial charge in [-0.05, 0) is 37.1 Å². The number of benzene rings is 1. The zero-order valence-corrected chi connectivity index (χ0v) is 12.9. The Labute approximate surface area is 122 Å². The maximum absolute atomic E-state index is 12.0. The zero-order chi connectivity index (χ0) is 14.3. The molecule has 0 saturated carbocycles. The third-order valence-corrected chi connectivity index (χ3v) is 3.10. The number of anilines is 1. The van der Waals surface area contributed by atoms with Crippen molar-refractivity contribution in [3.8, 4) is 0 Å². The van der Waals surface area contributed by atoms with Crippen LogP contribution in [0.3, 0.4) is 0 Å². The van der Waals surface area contributed by atoms with Crippen molar-refractivity contribution in [1.29, 1.82) is 0 Å². The van der Waals surface area contributed by atoms with Gasteiger partial charge in [0.15, 0.2) is 0 Å². The highest BCUT2D eigenvalue weighted by molar-refractivity contribution is 9.10. The second-order valence-electron chi connectivity index (χ2n) is 4.25. The van der Waals surface area contributed by atoms with Gasteiger partial charge in [0.1, 0.15) is 0 Å². The molecule has 0 heterocycles. The van der Waals surface area contributed by atoms with Crippen molar-refractivity contribution >= 4 is 33.4 Å². The number of hydrogen-bond donors (Lipinski definition) is 1. The molecule has 0 aromatic heterocycles. The molecule has 0 spiro atoms. The van der Waals surface area contributed by atoms with Crippen molar-refractivity contribution in [2.75, 3.05) is 18.4 Å². The second-order valence-corrected chi connectivity index (χ2v) is 5.17. The average Bonchev–Trinajstić information content (AvgIpc) is 2.40. The summed E-state index contributed by atoms with van der Waals surface area (Å²) in [6, 6.07) is 7.13. The number of halogens is 1. The van der Waals surface area contributed by atoms with Gasteiger partial charge < -0.3 is 10.2 Å². The minimum atomic E-state index is -0.579. The van der Waals surface area contributed by atoms with Gasteiger partial charge in [0.2, 0.25) is 0 Å². The summed E-state index contributed by atoms with van der Waals surface area (Å²) in [5, 5.41) is 2.62. The molecular formula is C14H19BrN2O2. The average molecular weight is 327 g/mol. The van der Waals surface area contributed by atoms with E-state index in [4.69, 9.17) is 0 Å². The summed E-state index contributed by atoms with van der Waals surface area (Å²) in [5.41, 5.74) is 0.620. The Morgan fingerprint density at radius 3 is 2.11 bits per heavy atom. The maximum Gasteiger partial charge on any atom is 0.313 e. The second kappa shape index (κ2) is 7.94. The van der Waals surface area contributed by atoms with Crippen LogP contribution in [0.5, 0.6) is 0 Å². The molecule has 0 aliphatic rings. The lowest BCUT2D eigenvalue weighted by Gasteiger charge is -2.20. The number of carbonyl (C=O) groups excluding carboxylic acids is 2. The van der Waals surface area contributed by atoms with Crippen molar-refractivity contribution in [2.45, 2.75) is 26.7 Å². The Hall–Kier alpha value is -1.36. The molecule has 0 aliphatic heterocycles. The van der Waals surface area contributed by atoms with E-state index in [1.54, 1.807) is 17.0 Å². The predicted octanol–water partition coefficient (Wildman–Crippen LogP) is 3.04. The van der Waals surface area contributed by atoms with Crippen LogP contribution in [0.2, 0.25) is 0 Å². The topological polar surface area (TPSA) is 49.4 Å². The molecular weight excluding hydrogens is 308 g/mol. The van der Waals surface area contributed by atoms with Crippen molar-refractivity contribution in [3.63, 3.8) is 0 Å². The standard InChI is InChI=1S/C14H19BrN2O2/c1-3-9-17(10-4-2)14(19)13(18)16-12-7-5-11(15)6-8-12/h5-8H,3-4,9-10H2,1-2H3,(H,16,18). The highest BCUT2D eigenvalue weighted by Crippen LogP contribution is 2.14. The normalized spacial score (nSPS) is 10.1. The molecule has 0 unspecified atom stereocenters. The van der Waals surface area contributed by atoms with Crippen LogP contribution in [-0.4, -0.2) is 29.8 Å². The zero-order valence-electron chi connectivity index (χ0n) is 11.3. The van der Waals surface area contributed by atoms with Gasteiger partial charge in [-0.2, -0.15) is 0 Å². The molecule has 1 N–H and O–H groups in total. The number of nitrogens with one attached hydrogen (secondary N) is 1. The molecule has 104 valence electrons. The molecule has 0 radical (unpaired) electrons. The molecule has 5 heteroatoms. The van der Waals surface area contributed by atoms with Gasteiger partial charge >= 0.3 is 11.8 Å². The van der Waals surface area contributed by atoms with Gasteiger partial charge in [-0.15, -0.1) is 0 Å². The van der Waals surface area contributed by atoms with E-state index in [9.17, 15) is 9.59 Å². The van der Waals surface area contributed by atoms with E-state index in [0.717, 1.165) is 17.3 Å². The molecule has 1 aromatic carbocycles. The molecule has 0 aliphatic carbocycles. The molecule has 19 heavy (non-hydrogen) atoms. The number of amides is 2. The molecule has 0 atom stereocenters. The largest absolute Gasteiger partial charge is 0.334 e. The lowest BCUT2D eigenvalue weighted by molar-refractivity contribution is -0.143. The summed E-state index contributed by atoms with van der Waals surface area (Å²) in [4.78, 5) is 25.5. The number of nitrogens with zero attached hydrogens (tertiary/aromatic N) is 1. The van der Waals surface area contributed by atoms with Crippen molar-refractivity contribution in [1.82, 2.24) is 4.90 Å². The van der Waals surface area contributed by atoms with Gasteiger partial charge in [0.05, 0.1) is 0 Å². The van der Waals surface area contributed by atoms with Gasteiger partial charge in [-0.25, -0.2) is 0 Å². The number of hydrogen-bond acceptors (Lipinski definition) is 2. The van der Waals surface area contributed by atoms with Gasteiger partial charge in [0, 0.05) is 23.2 Å². The summed E-state index contributed by atoms with van der Waals surface area (Å²) in [7, 11) is 0. The maximum atomic E-state index is 12.0. The lowest BCUT2D eigenvalue weighted by atomic mass is 10.3. The lowest BCUT2D eigenvalue weighted by Crippen LogP contribution is -2.40. The van der Waals surface area contributed by atoms with Crippen LogP contribution in [0.15, 0.2) is 28.7 Å². The van der Waals surface area contributed by atoms with E-state index in [-0.39, 0.29) is 0 Å². The minimum Gasteiger partial charge on any atom is -0.334 e. The van der Waals surface area contributed by atoms with Gasteiger partial charge in [0.25, 0.3) is 0 Å². The van der Waals surface area contributed by atoms with Crippen molar-refractivity contribution in [3.05, 3.63) is 28.7 Å².